The van der Waals surface area contributed by atoms with Gasteiger partial charge in [0.25, 0.3) is 0 Å². The molecule has 1 aliphatic rings. The van der Waals surface area contributed by atoms with E-state index in [0.29, 0.717) is 111 Å². The van der Waals surface area contributed by atoms with Gasteiger partial charge in [-0.25, -0.2) is 0 Å². The number of ether oxygens (including phenoxy) is 4. The number of carbonyl (C=O) groups is 2. The molecule has 2 aromatic rings. The summed E-state index contributed by atoms with van der Waals surface area (Å²) in [5, 5.41) is 6.66. The van der Waals surface area contributed by atoms with Crippen LogP contribution >= 0.6 is 23.2 Å². The average molecular weight is 568 g/mol. The van der Waals surface area contributed by atoms with Gasteiger partial charge < -0.3 is 29.6 Å². The van der Waals surface area contributed by atoms with Crippen LogP contribution < -0.4 is 10.6 Å². The van der Waals surface area contributed by atoms with E-state index in [1.807, 2.05) is 12.1 Å². The summed E-state index contributed by atoms with van der Waals surface area (Å²) in [5.74, 6) is 0.617. The molecule has 10 heteroatoms. The summed E-state index contributed by atoms with van der Waals surface area (Å²) >= 11 is 11.1. The van der Waals surface area contributed by atoms with Gasteiger partial charge in [-0.1, -0.05) is 24.3 Å². The first kappa shape index (κ1) is 30.3. The third kappa shape index (κ3) is 8.93. The van der Waals surface area contributed by atoms with E-state index in [1.165, 1.54) is 0 Å². The lowest BCUT2D eigenvalue weighted by Crippen LogP contribution is -2.24. The monoisotopic (exact) mass is 566 g/mol. The highest BCUT2D eigenvalue weighted by Gasteiger charge is 2.33. The number of carbonyl (C=O) groups excluding carboxylic acids is 2. The highest BCUT2D eigenvalue weighted by atomic mass is 35.5. The number of rotatable bonds is 20. The van der Waals surface area contributed by atoms with Gasteiger partial charge in [0.15, 0.2) is 11.6 Å². The highest BCUT2D eigenvalue weighted by molar-refractivity contribution is 6.31. The minimum atomic E-state index is -0.158. The van der Waals surface area contributed by atoms with Gasteiger partial charge in [0, 0.05) is 60.6 Å². The van der Waals surface area contributed by atoms with E-state index < -0.39 is 0 Å². The van der Waals surface area contributed by atoms with Crippen LogP contribution in [0.25, 0.3) is 0 Å². The Morgan fingerprint density at radius 1 is 0.553 bits per heavy atom. The van der Waals surface area contributed by atoms with Crippen molar-refractivity contribution in [2.75, 3.05) is 88.3 Å². The number of anilines is 2. The molecule has 38 heavy (non-hydrogen) atoms. The van der Waals surface area contributed by atoms with E-state index in [2.05, 4.69) is 10.6 Å². The van der Waals surface area contributed by atoms with Gasteiger partial charge in [-0.15, -0.1) is 23.2 Å². The Balaban J connectivity index is 1.60. The molecule has 208 valence electrons. The van der Waals surface area contributed by atoms with Crippen LogP contribution in [-0.4, -0.2) is 89.3 Å². The molecule has 0 spiro atoms. The lowest BCUT2D eigenvalue weighted by atomic mass is 9.82. The fourth-order valence-electron chi connectivity index (χ4n) is 4.07. The second kappa shape index (κ2) is 17.4. The maximum absolute atomic E-state index is 13.5. The van der Waals surface area contributed by atoms with Crippen molar-refractivity contribution in [1.29, 1.82) is 0 Å². The highest BCUT2D eigenvalue weighted by Crippen LogP contribution is 2.36. The zero-order valence-corrected chi connectivity index (χ0v) is 23.1. The molecule has 0 aromatic heterocycles. The topological polar surface area (TPSA) is 95.1 Å². The first-order valence-corrected chi connectivity index (χ1v) is 14.0. The van der Waals surface area contributed by atoms with Crippen molar-refractivity contribution in [3.63, 3.8) is 0 Å². The van der Waals surface area contributed by atoms with Gasteiger partial charge >= 0.3 is 0 Å². The second-order valence-corrected chi connectivity index (χ2v) is 9.26. The molecule has 3 rings (SSSR count). The fraction of sp³-hybridized carbons (Fsp3) is 0.500. The van der Waals surface area contributed by atoms with Crippen molar-refractivity contribution < 1.29 is 28.5 Å². The summed E-state index contributed by atoms with van der Waals surface area (Å²) in [6.07, 6.45) is 1.47. The Kier molecular flexibility index (Phi) is 13.9. The average Bonchev–Trinajstić information content (AvgIpc) is 2.94. The number of hydrogen-bond acceptors (Lipinski definition) is 8. The SMILES string of the molecule is O=C1c2ccccc2C(=O)c2c(NCCCOCCOCCCl)ccc(NCCCOCCOCCCl)c21. The van der Waals surface area contributed by atoms with Gasteiger partial charge in [0.05, 0.1) is 50.8 Å². The maximum atomic E-state index is 13.5. The molecule has 1 aliphatic carbocycles. The van der Waals surface area contributed by atoms with Crippen LogP contribution in [0.2, 0.25) is 0 Å². The summed E-state index contributed by atoms with van der Waals surface area (Å²) in [7, 11) is 0. The van der Waals surface area contributed by atoms with Crippen LogP contribution in [0, 0.1) is 0 Å². The number of halogens is 2. The number of benzene rings is 2. The van der Waals surface area contributed by atoms with E-state index in [1.54, 1.807) is 24.3 Å². The largest absolute Gasteiger partial charge is 0.384 e. The Labute approximate surface area is 234 Å². The predicted octanol–water partition coefficient (Wildman–Crippen LogP) is 4.61. The van der Waals surface area contributed by atoms with Crippen LogP contribution in [0.5, 0.6) is 0 Å². The van der Waals surface area contributed by atoms with E-state index in [0.717, 1.165) is 12.8 Å². The van der Waals surface area contributed by atoms with Crippen LogP contribution in [0.4, 0.5) is 11.4 Å². The maximum Gasteiger partial charge on any atom is 0.196 e. The molecule has 8 nitrogen and oxygen atoms in total. The summed E-state index contributed by atoms with van der Waals surface area (Å²) in [4.78, 5) is 27.0. The molecule has 0 aliphatic heterocycles. The molecule has 0 fully saturated rings. The third-order valence-electron chi connectivity index (χ3n) is 5.82. The molecule has 0 saturated carbocycles. The zero-order chi connectivity index (χ0) is 27.0. The van der Waals surface area contributed by atoms with Crippen molar-refractivity contribution in [2.24, 2.45) is 0 Å². The van der Waals surface area contributed by atoms with Gasteiger partial charge in [0.2, 0.25) is 0 Å². The molecule has 2 N–H and O–H groups in total. The molecule has 0 heterocycles. The molecule has 0 saturated heterocycles. The number of alkyl halides is 2. The van der Waals surface area contributed by atoms with E-state index in [-0.39, 0.29) is 11.6 Å². The normalized spacial score (nSPS) is 12.4. The Morgan fingerprint density at radius 3 is 1.34 bits per heavy atom. The predicted molar refractivity (Wildman–Crippen MR) is 151 cm³/mol. The van der Waals surface area contributed by atoms with Crippen molar-refractivity contribution in [3.05, 3.63) is 58.7 Å². The minimum Gasteiger partial charge on any atom is -0.384 e. The van der Waals surface area contributed by atoms with Gasteiger partial charge in [-0.3, -0.25) is 9.59 Å². The second-order valence-electron chi connectivity index (χ2n) is 8.50. The number of ketones is 2. The van der Waals surface area contributed by atoms with Crippen LogP contribution in [0.15, 0.2) is 36.4 Å². The van der Waals surface area contributed by atoms with Crippen molar-refractivity contribution in [1.82, 2.24) is 0 Å². The Morgan fingerprint density at radius 2 is 0.947 bits per heavy atom. The van der Waals surface area contributed by atoms with Gasteiger partial charge in [-0.05, 0) is 25.0 Å². The molecule has 2 aromatic carbocycles. The quantitative estimate of drug-likeness (QED) is 0.151. The van der Waals surface area contributed by atoms with Crippen molar-refractivity contribution >= 4 is 46.1 Å². The number of hydrogen-bond donors (Lipinski definition) is 2. The van der Waals surface area contributed by atoms with E-state index in [4.69, 9.17) is 42.1 Å². The summed E-state index contributed by atoms with van der Waals surface area (Å²) in [5.41, 5.74) is 2.95. The standard InChI is InChI=1S/C28H36Cl2N2O6/c29-9-15-37-19-17-35-13-3-11-31-23-7-8-24(32-12-4-14-36-18-20-38-16-10-30)26-25(23)27(33)21-5-1-2-6-22(21)28(26)34/h1-2,5-8,31-32H,3-4,9-20H2. The van der Waals surface area contributed by atoms with E-state index in [9.17, 15) is 9.59 Å². The summed E-state index contributed by atoms with van der Waals surface area (Å²) < 4.78 is 21.7. The van der Waals surface area contributed by atoms with E-state index >= 15 is 0 Å². The number of nitrogens with one attached hydrogen (secondary N) is 2. The summed E-state index contributed by atoms with van der Waals surface area (Å²) in [6, 6.07) is 10.7. The van der Waals surface area contributed by atoms with Crippen LogP contribution in [0.1, 0.15) is 44.7 Å². The molecule has 0 amide bonds. The molecule has 0 radical (unpaired) electrons. The van der Waals surface area contributed by atoms with Crippen molar-refractivity contribution in [2.45, 2.75) is 12.8 Å². The lowest BCUT2D eigenvalue weighted by Gasteiger charge is -2.24. The number of fused-ring (bicyclic) bond motifs is 2. The third-order valence-corrected chi connectivity index (χ3v) is 6.13. The first-order valence-electron chi connectivity index (χ1n) is 12.9. The molecular formula is C28H36Cl2N2O6. The Bertz CT molecular complexity index is 956. The van der Waals surface area contributed by atoms with Crippen molar-refractivity contribution in [3.8, 4) is 0 Å². The molecule has 0 bridgehead atoms. The van der Waals surface area contributed by atoms with Crippen LogP contribution in [-0.2, 0) is 18.9 Å². The molecule has 0 atom stereocenters. The van der Waals surface area contributed by atoms with Gasteiger partial charge in [-0.2, -0.15) is 0 Å². The van der Waals surface area contributed by atoms with Crippen LogP contribution in [0.3, 0.4) is 0 Å². The zero-order valence-electron chi connectivity index (χ0n) is 21.6. The minimum absolute atomic E-state index is 0.158. The molecule has 0 unspecified atom stereocenters. The first-order chi connectivity index (χ1) is 18.7. The Hall–Kier alpha value is -2.20. The summed E-state index contributed by atoms with van der Waals surface area (Å²) in [6.45, 7) is 5.33. The smallest absolute Gasteiger partial charge is 0.196 e. The molecular weight excluding hydrogens is 531 g/mol. The lowest BCUT2D eigenvalue weighted by molar-refractivity contribution is 0.0535. The van der Waals surface area contributed by atoms with Gasteiger partial charge in [0.1, 0.15) is 0 Å². The fourth-order valence-corrected chi connectivity index (χ4v) is 4.28.